The van der Waals surface area contributed by atoms with E-state index < -0.39 is 18.8 Å². The SMILES string of the molecule is CCOP(=O)(OCC)C(C)(N=O)C(N)=O. The van der Waals surface area contributed by atoms with Gasteiger partial charge in [-0.25, -0.2) is 0 Å². The van der Waals surface area contributed by atoms with Gasteiger partial charge in [0.05, 0.1) is 13.2 Å². The third-order valence-electron chi connectivity index (χ3n) is 1.78. The summed E-state index contributed by atoms with van der Waals surface area (Å²) in [5.74, 6) is -1.14. The Morgan fingerprint density at radius 2 is 1.80 bits per heavy atom. The highest BCUT2D eigenvalue weighted by Crippen LogP contribution is 2.60. The molecule has 0 aliphatic carbocycles. The molecule has 0 aromatic rings. The minimum Gasteiger partial charge on any atom is -0.367 e. The highest BCUT2D eigenvalue weighted by molar-refractivity contribution is 7.56. The number of amides is 1. The maximum Gasteiger partial charge on any atom is 0.371 e. The van der Waals surface area contributed by atoms with Gasteiger partial charge < -0.3 is 14.8 Å². The Kier molecular flexibility index (Phi) is 5.07. The molecule has 0 radical (unpaired) electrons. The van der Waals surface area contributed by atoms with Gasteiger partial charge in [0.25, 0.3) is 11.2 Å². The van der Waals surface area contributed by atoms with Crippen LogP contribution in [0.5, 0.6) is 0 Å². The lowest BCUT2D eigenvalue weighted by Gasteiger charge is -2.26. The summed E-state index contributed by atoms with van der Waals surface area (Å²) in [4.78, 5) is 21.6. The van der Waals surface area contributed by atoms with Crippen LogP contribution in [0.2, 0.25) is 0 Å². The Morgan fingerprint density at radius 3 is 2.00 bits per heavy atom. The van der Waals surface area contributed by atoms with Crippen LogP contribution in [0.3, 0.4) is 0 Å². The molecule has 0 fully saturated rings. The van der Waals surface area contributed by atoms with Crippen molar-refractivity contribution in [2.75, 3.05) is 13.2 Å². The molecule has 0 spiro atoms. The molecule has 2 N–H and O–H groups in total. The molecule has 15 heavy (non-hydrogen) atoms. The van der Waals surface area contributed by atoms with Gasteiger partial charge in [0, 0.05) is 0 Å². The first-order valence-corrected chi connectivity index (χ1v) is 5.95. The van der Waals surface area contributed by atoms with Gasteiger partial charge in [0.15, 0.2) is 0 Å². The second-order valence-electron chi connectivity index (χ2n) is 2.81. The van der Waals surface area contributed by atoms with Crippen molar-refractivity contribution in [1.29, 1.82) is 0 Å². The van der Waals surface area contributed by atoms with Crippen LogP contribution in [-0.4, -0.2) is 24.4 Å². The summed E-state index contributed by atoms with van der Waals surface area (Å²) in [5, 5.41) is 0.310. The van der Waals surface area contributed by atoms with Crippen molar-refractivity contribution in [1.82, 2.24) is 0 Å². The number of carbonyl (C=O) groups excluding carboxylic acids is 1. The number of carbonyl (C=O) groups is 1. The molecule has 0 saturated heterocycles. The summed E-state index contributed by atoms with van der Waals surface area (Å²) in [6, 6.07) is 0. The van der Waals surface area contributed by atoms with E-state index in [1.54, 1.807) is 13.8 Å². The molecule has 0 bridgehead atoms. The number of nitroso groups, excluding NO2 is 1. The van der Waals surface area contributed by atoms with E-state index in [4.69, 9.17) is 14.8 Å². The molecular weight excluding hydrogens is 223 g/mol. The summed E-state index contributed by atoms with van der Waals surface area (Å²) in [6.07, 6.45) is 0. The Bertz CT molecular complexity index is 285. The first kappa shape index (κ1) is 14.2. The van der Waals surface area contributed by atoms with Gasteiger partial charge in [-0.3, -0.25) is 9.36 Å². The number of nitrogens with two attached hydrogens (primary N) is 1. The van der Waals surface area contributed by atoms with Crippen molar-refractivity contribution < 1.29 is 18.4 Å². The van der Waals surface area contributed by atoms with Crippen LogP contribution in [0, 0.1) is 4.91 Å². The number of nitrogens with zero attached hydrogens (tertiary/aromatic N) is 1. The zero-order valence-electron chi connectivity index (χ0n) is 8.93. The van der Waals surface area contributed by atoms with Crippen LogP contribution in [-0.2, 0) is 18.4 Å². The summed E-state index contributed by atoms with van der Waals surface area (Å²) in [6.45, 7) is 4.19. The summed E-state index contributed by atoms with van der Waals surface area (Å²) in [5.41, 5.74) is 4.96. The molecule has 1 unspecified atom stereocenters. The average Bonchev–Trinajstić information content (AvgIpc) is 2.16. The van der Waals surface area contributed by atoms with Crippen molar-refractivity contribution in [3.63, 3.8) is 0 Å². The Balaban J connectivity index is 5.28. The molecule has 8 heteroatoms. The fourth-order valence-corrected chi connectivity index (χ4v) is 2.49. The zero-order valence-corrected chi connectivity index (χ0v) is 9.82. The van der Waals surface area contributed by atoms with Crippen molar-refractivity contribution in [3.8, 4) is 0 Å². The molecular formula is C7H15N2O5P. The summed E-state index contributed by atoms with van der Waals surface area (Å²) < 4.78 is 21.7. The fraction of sp³-hybridized carbons (Fsp3) is 0.857. The second kappa shape index (κ2) is 5.34. The van der Waals surface area contributed by atoms with E-state index in [2.05, 4.69) is 5.18 Å². The predicted molar refractivity (Wildman–Crippen MR) is 54.3 cm³/mol. The maximum atomic E-state index is 12.1. The van der Waals surface area contributed by atoms with Crippen LogP contribution in [0.4, 0.5) is 0 Å². The molecule has 0 saturated carbocycles. The lowest BCUT2D eigenvalue weighted by atomic mass is 10.3. The lowest BCUT2D eigenvalue weighted by Crippen LogP contribution is -2.40. The fourth-order valence-electron chi connectivity index (χ4n) is 0.859. The Morgan fingerprint density at radius 1 is 1.40 bits per heavy atom. The van der Waals surface area contributed by atoms with E-state index in [1.807, 2.05) is 0 Å². The Labute approximate surface area is 87.8 Å². The highest BCUT2D eigenvalue weighted by Gasteiger charge is 2.54. The molecule has 7 nitrogen and oxygen atoms in total. The van der Waals surface area contributed by atoms with E-state index in [1.165, 1.54) is 0 Å². The highest BCUT2D eigenvalue weighted by atomic mass is 31.2. The third-order valence-corrected chi connectivity index (χ3v) is 4.34. The number of rotatable bonds is 7. The van der Waals surface area contributed by atoms with E-state index in [0.29, 0.717) is 0 Å². The smallest absolute Gasteiger partial charge is 0.367 e. The largest absolute Gasteiger partial charge is 0.371 e. The van der Waals surface area contributed by atoms with Gasteiger partial charge in [-0.05, 0) is 25.9 Å². The molecule has 1 amide bonds. The van der Waals surface area contributed by atoms with Crippen LogP contribution in [0.1, 0.15) is 20.8 Å². The van der Waals surface area contributed by atoms with Gasteiger partial charge in [-0.2, -0.15) is 0 Å². The molecule has 88 valence electrons. The van der Waals surface area contributed by atoms with Crippen LogP contribution in [0.25, 0.3) is 0 Å². The number of primary amides is 1. The van der Waals surface area contributed by atoms with Gasteiger partial charge in [-0.15, -0.1) is 4.91 Å². The first-order valence-electron chi connectivity index (χ1n) is 4.41. The molecule has 0 heterocycles. The molecule has 0 aliphatic rings. The molecule has 0 aromatic carbocycles. The van der Waals surface area contributed by atoms with E-state index in [-0.39, 0.29) is 13.2 Å². The third kappa shape index (κ3) is 2.62. The van der Waals surface area contributed by atoms with Gasteiger partial charge >= 0.3 is 7.60 Å². The topological polar surface area (TPSA) is 108 Å². The van der Waals surface area contributed by atoms with Gasteiger partial charge in [-0.1, -0.05) is 0 Å². The van der Waals surface area contributed by atoms with Crippen molar-refractivity contribution in [2.24, 2.45) is 10.9 Å². The van der Waals surface area contributed by atoms with E-state index in [9.17, 15) is 14.3 Å². The van der Waals surface area contributed by atoms with E-state index in [0.717, 1.165) is 6.92 Å². The molecule has 0 aliphatic heterocycles. The quantitative estimate of drug-likeness (QED) is 0.529. The normalized spacial score (nSPS) is 15.7. The maximum absolute atomic E-state index is 12.1. The molecule has 0 aromatic heterocycles. The van der Waals surface area contributed by atoms with Crippen molar-refractivity contribution in [3.05, 3.63) is 4.91 Å². The summed E-state index contributed by atoms with van der Waals surface area (Å²) in [7, 11) is -3.95. The molecule has 0 rings (SSSR count). The first-order chi connectivity index (χ1) is 6.88. The number of hydrogen-bond acceptors (Lipinski definition) is 6. The van der Waals surface area contributed by atoms with E-state index >= 15 is 0 Å². The average molecular weight is 238 g/mol. The summed E-state index contributed by atoms with van der Waals surface area (Å²) >= 11 is 0. The Hall–Kier alpha value is -0.780. The minimum absolute atomic E-state index is 0.0235. The minimum atomic E-state index is -3.95. The van der Waals surface area contributed by atoms with Crippen molar-refractivity contribution >= 4 is 13.5 Å². The van der Waals surface area contributed by atoms with Gasteiger partial charge in [0.2, 0.25) is 0 Å². The number of hydrogen-bond donors (Lipinski definition) is 1. The monoisotopic (exact) mass is 238 g/mol. The predicted octanol–water partition coefficient (Wildman–Crippen LogP) is 1.22. The standard InChI is InChI=1S/C7H15N2O5P/c1-4-13-15(12,14-5-2)7(3,9-11)6(8)10/h4-5H2,1-3H3,(H2,8,10). The van der Waals surface area contributed by atoms with Gasteiger partial charge in [0.1, 0.15) is 0 Å². The zero-order chi connectivity index (χ0) is 12.1. The van der Waals surface area contributed by atoms with Crippen LogP contribution < -0.4 is 5.73 Å². The van der Waals surface area contributed by atoms with Crippen LogP contribution >= 0.6 is 7.60 Å². The van der Waals surface area contributed by atoms with Crippen molar-refractivity contribution in [2.45, 2.75) is 26.1 Å². The lowest BCUT2D eigenvalue weighted by molar-refractivity contribution is -0.120. The van der Waals surface area contributed by atoms with Crippen LogP contribution in [0.15, 0.2) is 5.18 Å². The molecule has 1 atom stereocenters. The second-order valence-corrected chi connectivity index (χ2v) is 5.19.